The van der Waals surface area contributed by atoms with Crippen LogP contribution in [0.1, 0.15) is 31.1 Å². The lowest BCUT2D eigenvalue weighted by Gasteiger charge is -2.15. The van der Waals surface area contributed by atoms with E-state index in [1.54, 1.807) is 47.4 Å². The highest BCUT2D eigenvalue weighted by molar-refractivity contribution is 6.39. The van der Waals surface area contributed by atoms with E-state index in [0.717, 1.165) is 4.90 Å². The van der Waals surface area contributed by atoms with Gasteiger partial charge in [-0.1, -0.05) is 23.7 Å². The first-order valence-electron chi connectivity index (χ1n) is 8.48. The second-order valence-corrected chi connectivity index (χ2v) is 6.47. The largest absolute Gasteiger partial charge is 0.460 e. The zero-order chi connectivity index (χ0) is 19.7. The third kappa shape index (κ3) is 3.16. The minimum absolute atomic E-state index is 0.135. The molecule has 2 heterocycles. The molecule has 0 unspecified atom stereocenters. The molecule has 0 atom stereocenters. The monoisotopic (exact) mass is 395 g/mol. The molecule has 1 aliphatic heterocycles. The standard InChI is InChI=1S/C20H14ClN3O4/c21-16-4-1-2-5-17(16)24-18(25)14-7-6-13(12-15(14)19(24)26)20(27)28-11-10-23-9-3-8-22-23/h1-9,12H,10-11H2. The van der Waals surface area contributed by atoms with E-state index >= 15 is 0 Å². The molecule has 8 heteroatoms. The smallest absolute Gasteiger partial charge is 0.338 e. The van der Waals surface area contributed by atoms with Gasteiger partial charge in [0, 0.05) is 12.4 Å². The van der Waals surface area contributed by atoms with Crippen molar-refractivity contribution in [1.82, 2.24) is 9.78 Å². The van der Waals surface area contributed by atoms with E-state index in [0.29, 0.717) is 12.2 Å². The van der Waals surface area contributed by atoms with Gasteiger partial charge in [-0.25, -0.2) is 9.69 Å². The van der Waals surface area contributed by atoms with Gasteiger partial charge in [0.15, 0.2) is 0 Å². The summed E-state index contributed by atoms with van der Waals surface area (Å²) in [5, 5.41) is 4.31. The van der Waals surface area contributed by atoms with Crippen LogP contribution in [0.15, 0.2) is 60.9 Å². The Morgan fingerprint density at radius 1 is 1.04 bits per heavy atom. The van der Waals surface area contributed by atoms with E-state index in [2.05, 4.69) is 5.10 Å². The molecule has 3 aromatic rings. The fourth-order valence-electron chi connectivity index (χ4n) is 2.97. The topological polar surface area (TPSA) is 81.5 Å². The van der Waals surface area contributed by atoms with Gasteiger partial charge in [0.2, 0.25) is 0 Å². The Kier molecular flexibility index (Phi) is 4.67. The summed E-state index contributed by atoms with van der Waals surface area (Å²) < 4.78 is 6.86. The number of esters is 1. The highest BCUT2D eigenvalue weighted by Gasteiger charge is 2.38. The van der Waals surface area contributed by atoms with Gasteiger partial charge in [-0.05, 0) is 36.4 Å². The Morgan fingerprint density at radius 3 is 2.57 bits per heavy atom. The number of nitrogens with zero attached hydrogens (tertiary/aromatic N) is 3. The maximum atomic E-state index is 12.8. The minimum atomic E-state index is -0.577. The van der Waals surface area contributed by atoms with E-state index in [9.17, 15) is 14.4 Å². The van der Waals surface area contributed by atoms with Crippen LogP contribution in [0.5, 0.6) is 0 Å². The van der Waals surface area contributed by atoms with Crippen LogP contribution in [0.3, 0.4) is 0 Å². The number of halogens is 1. The Bertz CT molecular complexity index is 1080. The summed E-state index contributed by atoms with van der Waals surface area (Å²) >= 11 is 6.13. The van der Waals surface area contributed by atoms with Crippen LogP contribution in [0, 0.1) is 0 Å². The maximum absolute atomic E-state index is 12.8. The molecule has 4 rings (SSSR count). The molecule has 28 heavy (non-hydrogen) atoms. The number of hydrogen-bond acceptors (Lipinski definition) is 5. The number of benzene rings is 2. The van der Waals surface area contributed by atoms with Gasteiger partial charge in [-0.15, -0.1) is 0 Å². The van der Waals surface area contributed by atoms with Crippen LogP contribution in [0.25, 0.3) is 0 Å². The normalized spacial score (nSPS) is 13.0. The number of ether oxygens (including phenoxy) is 1. The van der Waals surface area contributed by atoms with Gasteiger partial charge in [0.05, 0.1) is 33.9 Å². The van der Waals surface area contributed by atoms with Crippen molar-refractivity contribution in [2.24, 2.45) is 0 Å². The van der Waals surface area contributed by atoms with Gasteiger partial charge < -0.3 is 4.74 Å². The van der Waals surface area contributed by atoms with Crippen LogP contribution >= 0.6 is 11.6 Å². The summed E-state index contributed by atoms with van der Waals surface area (Å²) in [4.78, 5) is 38.7. The molecule has 0 saturated heterocycles. The number of imide groups is 1. The van der Waals surface area contributed by atoms with Gasteiger partial charge >= 0.3 is 5.97 Å². The molecule has 2 amide bonds. The number of aromatic nitrogens is 2. The molecule has 0 N–H and O–H groups in total. The Hall–Kier alpha value is -3.45. The lowest BCUT2D eigenvalue weighted by molar-refractivity contribution is 0.0487. The lowest BCUT2D eigenvalue weighted by Crippen LogP contribution is -2.29. The number of para-hydroxylation sites is 1. The molecule has 0 spiro atoms. The van der Waals surface area contributed by atoms with Crippen molar-refractivity contribution in [2.45, 2.75) is 6.54 Å². The number of carbonyl (C=O) groups excluding carboxylic acids is 3. The Morgan fingerprint density at radius 2 is 1.82 bits per heavy atom. The number of amides is 2. The third-order valence-corrected chi connectivity index (χ3v) is 4.65. The Labute approximate surface area is 165 Å². The summed E-state index contributed by atoms with van der Waals surface area (Å²) in [5.74, 6) is -1.59. The summed E-state index contributed by atoms with van der Waals surface area (Å²) in [5.41, 5.74) is 0.865. The molecular weight excluding hydrogens is 382 g/mol. The highest BCUT2D eigenvalue weighted by Crippen LogP contribution is 2.33. The van der Waals surface area contributed by atoms with E-state index in [1.807, 2.05) is 0 Å². The molecule has 1 aliphatic rings. The molecule has 140 valence electrons. The molecule has 2 aromatic carbocycles. The number of rotatable bonds is 5. The average Bonchev–Trinajstić information content (AvgIpc) is 3.30. The average molecular weight is 396 g/mol. The van der Waals surface area contributed by atoms with Crippen molar-refractivity contribution in [3.8, 4) is 0 Å². The highest BCUT2D eigenvalue weighted by atomic mass is 35.5. The maximum Gasteiger partial charge on any atom is 0.338 e. The molecular formula is C20H14ClN3O4. The second-order valence-electron chi connectivity index (χ2n) is 6.06. The third-order valence-electron chi connectivity index (χ3n) is 4.33. The van der Waals surface area contributed by atoms with Crippen LogP contribution in [-0.2, 0) is 11.3 Å². The summed E-state index contributed by atoms with van der Waals surface area (Å²) in [6, 6.07) is 12.7. The number of hydrogen-bond donors (Lipinski definition) is 0. The second kappa shape index (κ2) is 7.28. The van der Waals surface area contributed by atoms with Gasteiger partial charge in [-0.3, -0.25) is 14.3 Å². The fraction of sp³-hybridized carbons (Fsp3) is 0.100. The molecule has 0 saturated carbocycles. The first-order chi connectivity index (χ1) is 13.6. The molecule has 0 bridgehead atoms. The lowest BCUT2D eigenvalue weighted by atomic mass is 10.1. The van der Waals surface area contributed by atoms with Gasteiger partial charge in [-0.2, -0.15) is 5.10 Å². The van der Waals surface area contributed by atoms with Gasteiger partial charge in [0.1, 0.15) is 6.61 Å². The van der Waals surface area contributed by atoms with Crippen LogP contribution in [-0.4, -0.2) is 34.2 Å². The Balaban J connectivity index is 1.53. The summed E-state index contributed by atoms with van der Waals surface area (Å²) in [6.45, 7) is 0.553. The van der Waals surface area contributed by atoms with Crippen LogP contribution in [0.4, 0.5) is 5.69 Å². The first-order valence-corrected chi connectivity index (χ1v) is 8.86. The molecule has 0 radical (unpaired) electrons. The molecule has 0 fully saturated rings. The molecule has 0 aliphatic carbocycles. The SMILES string of the molecule is O=C(OCCn1cccn1)c1ccc2c(c1)C(=O)N(c1ccccc1Cl)C2=O. The number of anilines is 1. The van der Waals surface area contributed by atoms with E-state index in [1.165, 1.54) is 18.2 Å². The minimum Gasteiger partial charge on any atom is -0.460 e. The fourth-order valence-corrected chi connectivity index (χ4v) is 3.19. The predicted octanol–water partition coefficient (Wildman–Crippen LogP) is 3.19. The van der Waals surface area contributed by atoms with Gasteiger partial charge in [0.25, 0.3) is 11.8 Å². The van der Waals surface area contributed by atoms with Crippen molar-refractivity contribution in [2.75, 3.05) is 11.5 Å². The van der Waals surface area contributed by atoms with Crippen molar-refractivity contribution in [3.05, 3.63) is 82.6 Å². The predicted molar refractivity (Wildman–Crippen MR) is 102 cm³/mol. The van der Waals surface area contributed by atoms with E-state index in [-0.39, 0.29) is 28.3 Å². The van der Waals surface area contributed by atoms with E-state index in [4.69, 9.17) is 16.3 Å². The number of fused-ring (bicyclic) bond motifs is 1. The quantitative estimate of drug-likeness (QED) is 0.489. The van der Waals surface area contributed by atoms with Crippen molar-refractivity contribution >= 4 is 35.1 Å². The zero-order valence-corrected chi connectivity index (χ0v) is 15.3. The van der Waals surface area contributed by atoms with E-state index < -0.39 is 17.8 Å². The molecule has 7 nitrogen and oxygen atoms in total. The van der Waals surface area contributed by atoms with Crippen molar-refractivity contribution < 1.29 is 19.1 Å². The summed E-state index contributed by atoms with van der Waals surface area (Å²) in [7, 11) is 0. The van der Waals surface area contributed by atoms with Crippen molar-refractivity contribution in [1.29, 1.82) is 0 Å². The van der Waals surface area contributed by atoms with Crippen LogP contribution in [0.2, 0.25) is 5.02 Å². The van der Waals surface area contributed by atoms with Crippen LogP contribution < -0.4 is 4.90 Å². The summed E-state index contributed by atoms with van der Waals surface area (Å²) in [6.07, 6.45) is 3.40. The first kappa shape index (κ1) is 17.9. The van der Waals surface area contributed by atoms with Crippen molar-refractivity contribution in [3.63, 3.8) is 0 Å². The number of carbonyl (C=O) groups is 3. The molecule has 1 aromatic heterocycles. The zero-order valence-electron chi connectivity index (χ0n) is 14.5.